The van der Waals surface area contributed by atoms with Crippen molar-refractivity contribution in [2.75, 3.05) is 11.6 Å². The van der Waals surface area contributed by atoms with Crippen molar-refractivity contribution in [3.05, 3.63) is 29.8 Å². The molecule has 0 fully saturated rings. The molecule has 0 aliphatic carbocycles. The van der Waals surface area contributed by atoms with Gasteiger partial charge in [0.15, 0.2) is 0 Å². The summed E-state index contributed by atoms with van der Waals surface area (Å²) < 4.78 is 0. The van der Waals surface area contributed by atoms with Gasteiger partial charge in [-0.2, -0.15) is 5.10 Å². The average Bonchev–Trinajstić information content (AvgIpc) is 2.97. The van der Waals surface area contributed by atoms with Crippen LogP contribution in [0, 0.1) is 0 Å². The summed E-state index contributed by atoms with van der Waals surface area (Å²) in [5, 5.41) is 4.00. The molecule has 0 aromatic heterocycles. The van der Waals surface area contributed by atoms with Crippen LogP contribution >= 0.6 is 0 Å². The summed E-state index contributed by atoms with van der Waals surface area (Å²) >= 11 is 0. The van der Waals surface area contributed by atoms with Gasteiger partial charge in [-0.1, -0.05) is 51.2 Å². The molecular formula is C16H25N3. The number of anilines is 1. The lowest BCUT2D eigenvalue weighted by molar-refractivity contribution is 0.607. The number of hydrogen-bond donors (Lipinski definition) is 1. The standard InChI is InChI=1S/C16H25N3/c1-2-3-4-5-6-7-8-15-9-11-16(12-10-15)19-13-17-18-14-19/h9-13,18H,2-8,14H2,1H3. The lowest BCUT2D eigenvalue weighted by Crippen LogP contribution is -2.22. The fraction of sp³-hybridized carbons (Fsp3) is 0.562. The van der Waals surface area contributed by atoms with Gasteiger partial charge in [0.2, 0.25) is 0 Å². The first-order valence-corrected chi connectivity index (χ1v) is 7.52. The number of unbranched alkanes of at least 4 members (excludes halogenated alkanes) is 5. The largest absolute Gasteiger partial charge is 0.311 e. The smallest absolute Gasteiger partial charge is 0.117 e. The Morgan fingerprint density at radius 3 is 2.47 bits per heavy atom. The van der Waals surface area contributed by atoms with Gasteiger partial charge in [0, 0.05) is 5.69 Å². The Bertz CT molecular complexity index is 383. The van der Waals surface area contributed by atoms with Crippen LogP contribution in [0.2, 0.25) is 0 Å². The fourth-order valence-electron chi connectivity index (χ4n) is 2.39. The van der Waals surface area contributed by atoms with E-state index in [4.69, 9.17) is 0 Å². The van der Waals surface area contributed by atoms with Crippen molar-refractivity contribution >= 4 is 12.0 Å². The Labute approximate surface area is 116 Å². The molecule has 1 aromatic carbocycles. The van der Waals surface area contributed by atoms with Crippen LogP contribution in [-0.2, 0) is 6.42 Å². The first-order chi connectivity index (χ1) is 9.40. The zero-order valence-corrected chi connectivity index (χ0v) is 11.9. The first kappa shape index (κ1) is 13.9. The van der Waals surface area contributed by atoms with Gasteiger partial charge >= 0.3 is 0 Å². The molecule has 0 spiro atoms. The van der Waals surface area contributed by atoms with Gasteiger partial charge in [-0.3, -0.25) is 5.43 Å². The van der Waals surface area contributed by atoms with Gasteiger partial charge in [-0.15, -0.1) is 0 Å². The lowest BCUT2D eigenvalue weighted by Gasteiger charge is -2.13. The van der Waals surface area contributed by atoms with Crippen LogP contribution in [0.1, 0.15) is 51.0 Å². The van der Waals surface area contributed by atoms with Crippen molar-refractivity contribution in [1.82, 2.24) is 5.43 Å². The molecule has 0 bridgehead atoms. The maximum absolute atomic E-state index is 4.00. The number of aryl methyl sites for hydroxylation is 1. The minimum Gasteiger partial charge on any atom is -0.311 e. The van der Waals surface area contributed by atoms with Crippen LogP contribution in [0.4, 0.5) is 5.69 Å². The molecule has 1 aromatic rings. The average molecular weight is 259 g/mol. The van der Waals surface area contributed by atoms with Crippen LogP contribution in [0.3, 0.4) is 0 Å². The maximum atomic E-state index is 4.00. The highest BCUT2D eigenvalue weighted by molar-refractivity contribution is 5.80. The number of benzene rings is 1. The number of nitrogens with one attached hydrogen (secondary N) is 1. The molecule has 19 heavy (non-hydrogen) atoms. The van der Waals surface area contributed by atoms with Crippen LogP contribution in [0.5, 0.6) is 0 Å². The van der Waals surface area contributed by atoms with E-state index in [-0.39, 0.29) is 0 Å². The van der Waals surface area contributed by atoms with Crippen molar-refractivity contribution < 1.29 is 0 Å². The maximum Gasteiger partial charge on any atom is 0.117 e. The second-order valence-electron chi connectivity index (χ2n) is 5.21. The van der Waals surface area contributed by atoms with E-state index in [0.29, 0.717) is 0 Å². The SMILES string of the molecule is CCCCCCCCc1ccc(N2C=NNC2)cc1. The third-order valence-corrected chi connectivity index (χ3v) is 3.62. The highest BCUT2D eigenvalue weighted by Crippen LogP contribution is 2.16. The van der Waals surface area contributed by atoms with Crippen LogP contribution in [-0.4, -0.2) is 13.0 Å². The fourth-order valence-corrected chi connectivity index (χ4v) is 2.39. The molecule has 0 saturated carbocycles. The van der Waals surface area contributed by atoms with Crippen molar-refractivity contribution in [3.8, 4) is 0 Å². The van der Waals surface area contributed by atoms with Gasteiger partial charge in [-0.25, -0.2) is 0 Å². The first-order valence-electron chi connectivity index (χ1n) is 7.52. The molecule has 1 N–H and O–H groups in total. The Morgan fingerprint density at radius 1 is 1.05 bits per heavy atom. The van der Waals surface area contributed by atoms with E-state index in [1.807, 2.05) is 6.34 Å². The molecule has 1 heterocycles. The predicted octanol–water partition coefficient (Wildman–Crippen LogP) is 3.90. The van der Waals surface area contributed by atoms with E-state index < -0.39 is 0 Å². The molecule has 3 nitrogen and oxygen atoms in total. The van der Waals surface area contributed by atoms with Gasteiger partial charge < -0.3 is 4.90 Å². The number of hydrogen-bond acceptors (Lipinski definition) is 3. The van der Waals surface area contributed by atoms with Crippen LogP contribution < -0.4 is 10.3 Å². The molecule has 0 atom stereocenters. The minimum atomic E-state index is 0.775. The summed E-state index contributed by atoms with van der Waals surface area (Å²) in [6, 6.07) is 8.86. The van der Waals surface area contributed by atoms with E-state index in [2.05, 4.69) is 46.6 Å². The van der Waals surface area contributed by atoms with E-state index >= 15 is 0 Å². The molecule has 0 amide bonds. The zero-order chi connectivity index (χ0) is 13.3. The van der Waals surface area contributed by atoms with Crippen molar-refractivity contribution in [1.29, 1.82) is 0 Å². The Morgan fingerprint density at radius 2 is 1.79 bits per heavy atom. The summed E-state index contributed by atoms with van der Waals surface area (Å²) in [5.41, 5.74) is 5.60. The van der Waals surface area contributed by atoms with Crippen molar-refractivity contribution in [3.63, 3.8) is 0 Å². The Hall–Kier alpha value is -1.51. The number of hydrazone groups is 1. The molecule has 104 valence electrons. The normalized spacial score (nSPS) is 13.8. The van der Waals surface area contributed by atoms with Gasteiger partial charge in [-0.05, 0) is 30.5 Å². The Balaban J connectivity index is 1.68. The van der Waals surface area contributed by atoms with Gasteiger partial charge in [0.25, 0.3) is 0 Å². The minimum absolute atomic E-state index is 0.775. The molecule has 0 saturated heterocycles. The molecule has 1 aliphatic rings. The monoisotopic (exact) mass is 259 g/mol. The molecule has 0 radical (unpaired) electrons. The molecule has 3 heteroatoms. The topological polar surface area (TPSA) is 27.6 Å². The van der Waals surface area contributed by atoms with Crippen LogP contribution in [0.25, 0.3) is 0 Å². The zero-order valence-electron chi connectivity index (χ0n) is 11.9. The summed E-state index contributed by atoms with van der Waals surface area (Å²) in [6.07, 6.45) is 11.2. The summed E-state index contributed by atoms with van der Waals surface area (Å²) in [5.74, 6) is 0. The van der Waals surface area contributed by atoms with E-state index in [0.717, 1.165) is 6.67 Å². The Kier molecular flexibility index (Phi) is 5.73. The van der Waals surface area contributed by atoms with Gasteiger partial charge in [0.05, 0.1) is 0 Å². The van der Waals surface area contributed by atoms with Gasteiger partial charge in [0.1, 0.15) is 13.0 Å². The number of nitrogens with zero attached hydrogens (tertiary/aromatic N) is 2. The van der Waals surface area contributed by atoms with E-state index in [9.17, 15) is 0 Å². The van der Waals surface area contributed by atoms with Crippen LogP contribution in [0.15, 0.2) is 29.4 Å². The van der Waals surface area contributed by atoms with Crippen molar-refractivity contribution in [2.24, 2.45) is 5.10 Å². The third-order valence-electron chi connectivity index (χ3n) is 3.62. The summed E-state index contributed by atoms with van der Waals surface area (Å²) in [7, 11) is 0. The third kappa shape index (κ3) is 4.58. The highest BCUT2D eigenvalue weighted by atomic mass is 15.5. The highest BCUT2D eigenvalue weighted by Gasteiger charge is 2.06. The predicted molar refractivity (Wildman–Crippen MR) is 82.5 cm³/mol. The lowest BCUT2D eigenvalue weighted by atomic mass is 10.0. The summed E-state index contributed by atoms with van der Waals surface area (Å²) in [6.45, 7) is 3.04. The van der Waals surface area contributed by atoms with E-state index in [1.165, 1.54) is 56.2 Å². The van der Waals surface area contributed by atoms with Crippen molar-refractivity contribution in [2.45, 2.75) is 51.9 Å². The second kappa shape index (κ2) is 7.82. The molecule has 2 rings (SSSR count). The molecule has 1 aliphatic heterocycles. The summed E-state index contributed by atoms with van der Waals surface area (Å²) in [4.78, 5) is 2.11. The van der Waals surface area contributed by atoms with E-state index in [1.54, 1.807) is 0 Å². The molecular weight excluding hydrogens is 234 g/mol. The molecule has 0 unspecified atom stereocenters. The number of rotatable bonds is 8. The second-order valence-corrected chi connectivity index (χ2v) is 5.21. The quantitative estimate of drug-likeness (QED) is 0.717.